The third-order valence-corrected chi connectivity index (χ3v) is 5.84. The number of benzene rings is 2. The van der Waals surface area contributed by atoms with E-state index in [2.05, 4.69) is 21.6 Å². The number of hydrogen-bond donors (Lipinski definition) is 1. The van der Waals surface area contributed by atoms with Gasteiger partial charge < -0.3 is 4.74 Å². The van der Waals surface area contributed by atoms with E-state index in [1.54, 1.807) is 23.1 Å². The number of ether oxygens (including phenoxy) is 1. The van der Waals surface area contributed by atoms with Gasteiger partial charge in [0.2, 0.25) is 0 Å². The fraction of sp³-hybridized carbons (Fsp3) is 0.211. The molecule has 0 spiro atoms. The highest BCUT2D eigenvalue weighted by Crippen LogP contribution is 2.29. The molecule has 26 heavy (non-hydrogen) atoms. The highest BCUT2D eigenvalue weighted by molar-refractivity contribution is 8.01. The summed E-state index contributed by atoms with van der Waals surface area (Å²) in [6.45, 7) is 3.75. The molecule has 0 saturated heterocycles. The van der Waals surface area contributed by atoms with Crippen LogP contribution in [0.3, 0.4) is 0 Å². The Kier molecular flexibility index (Phi) is 6.25. The minimum absolute atomic E-state index is 0.0629. The van der Waals surface area contributed by atoms with E-state index < -0.39 is 0 Å². The van der Waals surface area contributed by atoms with Crippen molar-refractivity contribution >= 4 is 44.9 Å². The van der Waals surface area contributed by atoms with Crippen molar-refractivity contribution in [2.75, 3.05) is 12.4 Å². The van der Waals surface area contributed by atoms with Crippen LogP contribution in [0.25, 0.3) is 10.2 Å². The molecule has 5 nitrogen and oxygen atoms in total. The monoisotopic (exact) mass is 385 g/mol. The van der Waals surface area contributed by atoms with Crippen molar-refractivity contribution in [2.45, 2.75) is 18.2 Å². The summed E-state index contributed by atoms with van der Waals surface area (Å²) in [6, 6.07) is 15.6. The van der Waals surface area contributed by atoms with Crippen molar-refractivity contribution in [1.82, 2.24) is 10.4 Å². The predicted molar refractivity (Wildman–Crippen MR) is 108 cm³/mol. The lowest BCUT2D eigenvalue weighted by Gasteiger charge is -2.07. The van der Waals surface area contributed by atoms with Crippen LogP contribution in [-0.4, -0.2) is 29.0 Å². The summed E-state index contributed by atoms with van der Waals surface area (Å²) in [5.41, 5.74) is 5.35. The standard InChI is InChI=1S/C19H19N3O2S2/c1-13-7-3-5-9-16(13)24-11-18(23)22-21-14(2)12-25-19-20-15-8-4-6-10-17(15)26-19/h3-10H,11-12H2,1-2H3,(H,22,23). The lowest BCUT2D eigenvalue weighted by Crippen LogP contribution is -2.25. The van der Waals surface area contributed by atoms with Gasteiger partial charge in [-0.1, -0.05) is 42.1 Å². The van der Waals surface area contributed by atoms with E-state index in [0.29, 0.717) is 11.5 Å². The second kappa shape index (κ2) is 8.82. The van der Waals surface area contributed by atoms with Gasteiger partial charge in [0.15, 0.2) is 10.9 Å². The lowest BCUT2D eigenvalue weighted by molar-refractivity contribution is -0.123. The smallest absolute Gasteiger partial charge is 0.277 e. The number of thioether (sulfide) groups is 1. The van der Waals surface area contributed by atoms with Gasteiger partial charge >= 0.3 is 0 Å². The van der Waals surface area contributed by atoms with Crippen molar-refractivity contribution < 1.29 is 9.53 Å². The summed E-state index contributed by atoms with van der Waals surface area (Å²) >= 11 is 3.27. The van der Waals surface area contributed by atoms with Crippen molar-refractivity contribution in [1.29, 1.82) is 0 Å². The molecule has 0 aliphatic heterocycles. The van der Waals surface area contributed by atoms with E-state index in [0.717, 1.165) is 21.1 Å². The van der Waals surface area contributed by atoms with Gasteiger partial charge in [-0.3, -0.25) is 4.79 Å². The maximum atomic E-state index is 11.9. The van der Waals surface area contributed by atoms with Crippen molar-refractivity contribution in [3.63, 3.8) is 0 Å². The quantitative estimate of drug-likeness (QED) is 0.375. The first kappa shape index (κ1) is 18.4. The molecule has 1 heterocycles. The largest absolute Gasteiger partial charge is 0.483 e. The van der Waals surface area contributed by atoms with Gasteiger partial charge in [-0.05, 0) is 37.6 Å². The summed E-state index contributed by atoms with van der Waals surface area (Å²) < 4.78 is 7.67. The molecule has 0 aliphatic carbocycles. The molecule has 0 bridgehead atoms. The van der Waals surface area contributed by atoms with Crippen molar-refractivity contribution in [3.05, 3.63) is 54.1 Å². The van der Waals surface area contributed by atoms with Crippen LogP contribution in [-0.2, 0) is 4.79 Å². The molecule has 0 saturated carbocycles. The van der Waals surface area contributed by atoms with Gasteiger partial charge in [-0.25, -0.2) is 10.4 Å². The molecule has 3 rings (SSSR count). The van der Waals surface area contributed by atoms with Crippen LogP contribution < -0.4 is 10.2 Å². The number of aryl methyl sites for hydroxylation is 1. The molecule has 1 N–H and O–H groups in total. The molecular weight excluding hydrogens is 366 g/mol. The average Bonchev–Trinajstić information content (AvgIpc) is 3.07. The number of aromatic nitrogens is 1. The number of thiazole rings is 1. The van der Waals surface area contributed by atoms with Crippen LogP contribution in [0.2, 0.25) is 0 Å². The Labute approximate surface area is 160 Å². The second-order valence-electron chi connectivity index (χ2n) is 5.67. The first-order chi connectivity index (χ1) is 12.6. The number of amides is 1. The Morgan fingerprint density at radius 2 is 2.00 bits per heavy atom. The van der Waals surface area contributed by atoms with Gasteiger partial charge in [-0.15, -0.1) is 11.3 Å². The van der Waals surface area contributed by atoms with Gasteiger partial charge in [-0.2, -0.15) is 5.10 Å². The minimum atomic E-state index is -0.280. The number of rotatable bonds is 7. The number of carbonyl (C=O) groups is 1. The van der Waals surface area contributed by atoms with Crippen LogP contribution in [0.4, 0.5) is 0 Å². The van der Waals surface area contributed by atoms with Crippen molar-refractivity contribution in [2.24, 2.45) is 5.10 Å². The molecule has 134 valence electrons. The molecular formula is C19H19N3O2S2. The van der Waals surface area contributed by atoms with Gasteiger partial charge in [0, 0.05) is 11.5 Å². The number of fused-ring (bicyclic) bond motifs is 1. The number of nitrogens with zero attached hydrogens (tertiary/aromatic N) is 2. The minimum Gasteiger partial charge on any atom is -0.483 e. The second-order valence-corrected chi connectivity index (χ2v) is 7.93. The normalized spacial score (nSPS) is 11.5. The number of para-hydroxylation sites is 2. The van der Waals surface area contributed by atoms with E-state index in [1.165, 1.54) is 4.70 Å². The van der Waals surface area contributed by atoms with Crippen LogP contribution in [0, 0.1) is 6.92 Å². The summed E-state index contributed by atoms with van der Waals surface area (Å²) in [6.07, 6.45) is 0. The summed E-state index contributed by atoms with van der Waals surface area (Å²) in [5, 5.41) is 4.12. The van der Waals surface area contributed by atoms with Crippen LogP contribution >= 0.6 is 23.1 Å². The fourth-order valence-electron chi connectivity index (χ4n) is 2.16. The molecule has 0 fully saturated rings. The molecule has 0 aliphatic rings. The summed E-state index contributed by atoms with van der Waals surface area (Å²) in [5.74, 6) is 1.09. The molecule has 3 aromatic rings. The highest BCUT2D eigenvalue weighted by Gasteiger charge is 2.06. The Morgan fingerprint density at radius 3 is 2.81 bits per heavy atom. The first-order valence-corrected chi connectivity index (χ1v) is 9.91. The van der Waals surface area contributed by atoms with E-state index in [4.69, 9.17) is 4.74 Å². The summed E-state index contributed by atoms with van der Waals surface area (Å²) in [4.78, 5) is 16.4. The molecule has 1 amide bonds. The molecule has 1 aromatic heterocycles. The van der Waals surface area contributed by atoms with Gasteiger partial charge in [0.25, 0.3) is 5.91 Å². The van der Waals surface area contributed by atoms with Crippen molar-refractivity contribution in [3.8, 4) is 5.75 Å². The topological polar surface area (TPSA) is 63.6 Å². The Hall–Kier alpha value is -2.38. The number of hydrogen-bond acceptors (Lipinski definition) is 6. The summed E-state index contributed by atoms with van der Waals surface area (Å²) in [7, 11) is 0. The van der Waals surface area contributed by atoms with Crippen LogP contribution in [0.15, 0.2) is 58.0 Å². The maximum Gasteiger partial charge on any atom is 0.277 e. The predicted octanol–water partition coefficient (Wildman–Crippen LogP) is 4.27. The SMILES string of the molecule is CC(CSc1nc2ccccc2s1)=NNC(=O)COc1ccccc1C. The van der Waals surface area contributed by atoms with Gasteiger partial charge in [0.05, 0.1) is 10.2 Å². The zero-order valence-electron chi connectivity index (χ0n) is 14.6. The Morgan fingerprint density at radius 1 is 1.23 bits per heavy atom. The number of carbonyl (C=O) groups excluding carboxylic acids is 1. The van der Waals surface area contributed by atoms with E-state index in [-0.39, 0.29) is 12.5 Å². The lowest BCUT2D eigenvalue weighted by atomic mass is 10.2. The highest BCUT2D eigenvalue weighted by atomic mass is 32.2. The van der Waals surface area contributed by atoms with Crippen LogP contribution in [0.1, 0.15) is 12.5 Å². The molecule has 0 atom stereocenters. The van der Waals surface area contributed by atoms with E-state index in [1.807, 2.05) is 56.3 Å². The fourth-order valence-corrected chi connectivity index (χ4v) is 4.10. The number of nitrogens with one attached hydrogen (secondary N) is 1. The number of hydrazone groups is 1. The third kappa shape index (κ3) is 5.06. The molecule has 2 aromatic carbocycles. The van der Waals surface area contributed by atoms with Crippen LogP contribution in [0.5, 0.6) is 5.75 Å². The molecule has 0 radical (unpaired) electrons. The van der Waals surface area contributed by atoms with Gasteiger partial charge in [0.1, 0.15) is 5.75 Å². The van der Waals surface area contributed by atoms with E-state index >= 15 is 0 Å². The third-order valence-electron chi connectivity index (χ3n) is 3.50. The zero-order valence-corrected chi connectivity index (χ0v) is 16.2. The molecule has 7 heteroatoms. The Bertz CT molecular complexity index is 904. The van der Waals surface area contributed by atoms with E-state index in [9.17, 15) is 4.79 Å². The Balaban J connectivity index is 1.45. The molecule has 0 unspecified atom stereocenters. The maximum absolute atomic E-state index is 11.9. The average molecular weight is 386 g/mol. The zero-order chi connectivity index (χ0) is 18.4. The first-order valence-electron chi connectivity index (χ1n) is 8.10.